The average Bonchev–Trinajstić information content (AvgIpc) is 3.12. The van der Waals surface area contributed by atoms with E-state index in [0.29, 0.717) is 5.03 Å². The van der Waals surface area contributed by atoms with Gasteiger partial charge in [0, 0.05) is 17.4 Å². The number of hydrogen-bond acceptors (Lipinski definition) is 4. The third kappa shape index (κ3) is 3.89. The summed E-state index contributed by atoms with van der Waals surface area (Å²) >= 11 is 1.34. The number of aromatic amines is 1. The van der Waals surface area contributed by atoms with Gasteiger partial charge in [0.15, 0.2) is 0 Å². The molecular weight excluding hydrogens is 375 g/mol. The van der Waals surface area contributed by atoms with Crippen LogP contribution in [0.2, 0.25) is 0 Å². The molecule has 2 aromatic heterocycles. The molecule has 0 fully saturated rings. The number of carbonyl (C=O) groups is 1. The van der Waals surface area contributed by atoms with Crippen LogP contribution < -0.4 is 5.32 Å². The lowest BCUT2D eigenvalue weighted by Crippen LogP contribution is -2.14. The number of carbonyl (C=O) groups excluding carboxylic acids is 1. The Kier molecular flexibility index (Phi) is 5.08. The zero-order valence-electron chi connectivity index (χ0n) is 15.1. The van der Waals surface area contributed by atoms with E-state index < -0.39 is 0 Å². The number of amides is 1. The van der Waals surface area contributed by atoms with Crippen LogP contribution in [-0.2, 0) is 4.79 Å². The van der Waals surface area contributed by atoms with Gasteiger partial charge in [-0.2, -0.15) is 0 Å². The molecule has 4 rings (SSSR count). The fourth-order valence-corrected chi connectivity index (χ4v) is 3.69. The molecule has 140 valence electrons. The number of nitrogens with one attached hydrogen (secondary N) is 2. The fraction of sp³-hybridized carbons (Fsp3) is 0.0952. The average molecular weight is 392 g/mol. The van der Waals surface area contributed by atoms with Crippen LogP contribution in [0.4, 0.5) is 10.1 Å². The number of thioether (sulfide) groups is 1. The second kappa shape index (κ2) is 7.82. The minimum atomic E-state index is -0.283. The third-order valence-electron chi connectivity index (χ3n) is 4.23. The molecule has 2 heterocycles. The van der Waals surface area contributed by atoms with Gasteiger partial charge in [0.25, 0.3) is 0 Å². The van der Waals surface area contributed by atoms with Gasteiger partial charge in [-0.25, -0.2) is 14.4 Å². The topological polar surface area (TPSA) is 70.7 Å². The molecule has 0 aliphatic heterocycles. The Hall–Kier alpha value is -3.19. The summed E-state index contributed by atoms with van der Waals surface area (Å²) in [5.74, 6) is -0.160. The number of benzene rings is 2. The largest absolute Gasteiger partial charge is 0.357 e. The zero-order chi connectivity index (χ0) is 19.5. The number of H-pyrrole nitrogens is 1. The first-order valence-corrected chi connectivity index (χ1v) is 9.66. The van der Waals surface area contributed by atoms with Crippen molar-refractivity contribution >= 4 is 34.4 Å². The number of hydrogen-bond donors (Lipinski definition) is 2. The Morgan fingerprint density at radius 1 is 1.18 bits per heavy atom. The summed E-state index contributed by atoms with van der Waals surface area (Å²) in [7, 11) is 0. The molecule has 2 aromatic carbocycles. The lowest BCUT2D eigenvalue weighted by molar-refractivity contribution is -0.113. The molecule has 0 saturated heterocycles. The summed E-state index contributed by atoms with van der Waals surface area (Å²) in [4.78, 5) is 24.1. The number of aromatic nitrogens is 3. The number of nitrogens with zero attached hydrogens (tertiary/aromatic N) is 2. The number of aryl methyl sites for hydroxylation is 1. The molecule has 0 atom stereocenters. The minimum Gasteiger partial charge on any atom is -0.357 e. The van der Waals surface area contributed by atoms with Crippen molar-refractivity contribution in [1.82, 2.24) is 15.0 Å². The summed E-state index contributed by atoms with van der Waals surface area (Å²) < 4.78 is 13.2. The van der Waals surface area contributed by atoms with Crippen LogP contribution in [0.25, 0.3) is 22.2 Å². The Labute approximate surface area is 165 Å². The highest BCUT2D eigenvalue weighted by Gasteiger charge is 2.13. The normalized spacial score (nSPS) is 10.9. The van der Waals surface area contributed by atoms with Crippen LogP contribution >= 0.6 is 11.8 Å². The maximum absolute atomic E-state index is 13.2. The molecule has 2 N–H and O–H groups in total. The lowest BCUT2D eigenvalue weighted by Gasteiger charge is -2.06. The Bertz CT molecular complexity index is 1140. The second-order valence-corrected chi connectivity index (χ2v) is 7.28. The predicted octanol–water partition coefficient (Wildman–Crippen LogP) is 4.80. The van der Waals surface area contributed by atoms with E-state index in [4.69, 9.17) is 0 Å². The standard InChI is InChI=1S/C21H17FN4OS/c1-13-3-2-4-16(9-13)26-18(27)11-28-21-20-19(24-12-25-21)17(10-23-20)14-5-7-15(22)8-6-14/h2-10,12,23H,11H2,1H3,(H,26,27). The van der Waals surface area contributed by atoms with Gasteiger partial charge in [0.05, 0.1) is 11.3 Å². The first-order chi connectivity index (χ1) is 13.6. The van der Waals surface area contributed by atoms with Crippen molar-refractivity contribution in [2.24, 2.45) is 0 Å². The molecule has 0 aliphatic rings. The van der Waals surface area contributed by atoms with Crippen LogP contribution in [0.5, 0.6) is 0 Å². The summed E-state index contributed by atoms with van der Waals surface area (Å²) in [5, 5.41) is 3.58. The maximum Gasteiger partial charge on any atom is 0.234 e. The fourth-order valence-electron chi connectivity index (χ4n) is 2.93. The molecule has 0 spiro atoms. The SMILES string of the molecule is Cc1cccc(NC(=O)CSc2ncnc3c(-c4ccc(F)cc4)c[nH]c23)c1. The van der Waals surface area contributed by atoms with E-state index in [9.17, 15) is 9.18 Å². The summed E-state index contributed by atoms with van der Waals surface area (Å²) in [6, 6.07) is 13.9. The smallest absolute Gasteiger partial charge is 0.234 e. The monoisotopic (exact) mass is 392 g/mol. The van der Waals surface area contributed by atoms with Gasteiger partial charge < -0.3 is 10.3 Å². The van der Waals surface area contributed by atoms with Crippen molar-refractivity contribution in [3.63, 3.8) is 0 Å². The van der Waals surface area contributed by atoms with Gasteiger partial charge >= 0.3 is 0 Å². The molecule has 28 heavy (non-hydrogen) atoms. The number of rotatable bonds is 5. The van der Waals surface area contributed by atoms with Crippen molar-refractivity contribution in [2.45, 2.75) is 11.9 Å². The van der Waals surface area contributed by atoms with E-state index in [1.165, 1.54) is 30.2 Å². The second-order valence-electron chi connectivity index (χ2n) is 6.32. The van der Waals surface area contributed by atoms with Gasteiger partial charge in [-0.15, -0.1) is 0 Å². The van der Waals surface area contributed by atoms with Crippen molar-refractivity contribution in [3.05, 3.63) is 72.4 Å². The summed E-state index contributed by atoms with van der Waals surface area (Å²) in [5.41, 5.74) is 5.08. The van der Waals surface area contributed by atoms with Crippen LogP contribution in [0.3, 0.4) is 0 Å². The molecule has 0 bridgehead atoms. The van der Waals surface area contributed by atoms with Gasteiger partial charge in [-0.1, -0.05) is 36.0 Å². The molecule has 0 aliphatic carbocycles. The van der Waals surface area contributed by atoms with Gasteiger partial charge in [0.2, 0.25) is 5.91 Å². The maximum atomic E-state index is 13.2. The first-order valence-electron chi connectivity index (χ1n) is 8.67. The van der Waals surface area contributed by atoms with Crippen LogP contribution in [0, 0.1) is 12.7 Å². The van der Waals surface area contributed by atoms with Crippen molar-refractivity contribution in [1.29, 1.82) is 0 Å². The summed E-state index contributed by atoms with van der Waals surface area (Å²) in [6.45, 7) is 1.98. The molecule has 1 amide bonds. The Morgan fingerprint density at radius 3 is 2.79 bits per heavy atom. The van der Waals surface area contributed by atoms with Gasteiger partial charge in [-0.3, -0.25) is 4.79 Å². The predicted molar refractivity (Wildman–Crippen MR) is 110 cm³/mol. The minimum absolute atomic E-state index is 0.104. The molecular formula is C21H17FN4OS. The highest BCUT2D eigenvalue weighted by atomic mass is 32.2. The van der Waals surface area contributed by atoms with E-state index in [1.54, 1.807) is 12.1 Å². The van der Waals surface area contributed by atoms with E-state index >= 15 is 0 Å². The van der Waals surface area contributed by atoms with Crippen molar-refractivity contribution in [2.75, 3.05) is 11.1 Å². The Balaban J connectivity index is 1.51. The van der Waals surface area contributed by atoms with Crippen LogP contribution in [0.1, 0.15) is 5.56 Å². The highest BCUT2D eigenvalue weighted by molar-refractivity contribution is 8.00. The molecule has 0 saturated carbocycles. The summed E-state index contributed by atoms with van der Waals surface area (Å²) in [6.07, 6.45) is 3.30. The van der Waals surface area contributed by atoms with Crippen molar-refractivity contribution < 1.29 is 9.18 Å². The number of fused-ring (bicyclic) bond motifs is 1. The number of halogens is 1. The molecule has 5 nitrogen and oxygen atoms in total. The van der Waals surface area contributed by atoms with Crippen molar-refractivity contribution in [3.8, 4) is 11.1 Å². The first kappa shape index (κ1) is 18.2. The zero-order valence-corrected chi connectivity index (χ0v) is 15.9. The third-order valence-corrected chi connectivity index (χ3v) is 5.21. The Morgan fingerprint density at radius 2 is 2.00 bits per heavy atom. The highest BCUT2D eigenvalue weighted by Crippen LogP contribution is 2.31. The lowest BCUT2D eigenvalue weighted by atomic mass is 10.1. The van der Waals surface area contributed by atoms with E-state index in [0.717, 1.165) is 33.4 Å². The van der Waals surface area contributed by atoms with Gasteiger partial charge in [0.1, 0.15) is 22.7 Å². The molecule has 0 unspecified atom stereocenters. The van der Waals surface area contributed by atoms with Crippen LogP contribution in [-0.4, -0.2) is 26.6 Å². The molecule has 0 radical (unpaired) electrons. The molecule has 4 aromatic rings. The van der Waals surface area contributed by atoms with Gasteiger partial charge in [-0.05, 0) is 42.3 Å². The quantitative estimate of drug-likeness (QED) is 0.378. The molecule has 7 heteroatoms. The van der Waals surface area contributed by atoms with E-state index in [1.807, 2.05) is 37.4 Å². The number of anilines is 1. The van der Waals surface area contributed by atoms with Crippen LogP contribution in [0.15, 0.2) is 66.1 Å². The van der Waals surface area contributed by atoms with E-state index in [-0.39, 0.29) is 17.5 Å². The van der Waals surface area contributed by atoms with E-state index in [2.05, 4.69) is 20.3 Å².